The number of nitrogens with zero attached hydrogens (tertiary/aromatic N) is 3. The van der Waals surface area contributed by atoms with E-state index < -0.39 is 0 Å². The predicted molar refractivity (Wildman–Crippen MR) is 105 cm³/mol. The van der Waals surface area contributed by atoms with E-state index in [4.69, 9.17) is 0 Å². The molecule has 2 atom stereocenters. The van der Waals surface area contributed by atoms with Crippen LogP contribution in [0.25, 0.3) is 0 Å². The number of benzene rings is 1. The molecule has 4 aliphatic rings. The quantitative estimate of drug-likeness (QED) is 0.819. The molecule has 0 radical (unpaired) electrons. The topological polar surface area (TPSA) is 43.9 Å². The maximum Gasteiger partial charge on any atom is 0.242 e. The van der Waals surface area contributed by atoms with Crippen molar-refractivity contribution in [1.29, 1.82) is 0 Å². The van der Waals surface area contributed by atoms with E-state index in [0.717, 1.165) is 52.0 Å². The number of hydrogen-bond acceptors (Lipinski definition) is 3. The number of rotatable bonds is 4. The molecule has 1 aromatic carbocycles. The van der Waals surface area contributed by atoms with Crippen molar-refractivity contribution in [3.63, 3.8) is 0 Å². The average Bonchev–Trinajstić information content (AvgIpc) is 3.08. The molecule has 5 rings (SSSR count). The van der Waals surface area contributed by atoms with Crippen molar-refractivity contribution in [2.45, 2.75) is 51.1 Å². The number of likely N-dealkylation sites (tertiary alicyclic amines) is 1. The summed E-state index contributed by atoms with van der Waals surface area (Å²) in [4.78, 5) is 31.6. The summed E-state index contributed by atoms with van der Waals surface area (Å²) in [6.07, 6.45) is 6.06. The zero-order chi connectivity index (χ0) is 18.6. The number of fused-ring (bicyclic) bond motifs is 4. The molecule has 5 heteroatoms. The lowest BCUT2D eigenvalue weighted by molar-refractivity contribution is -0.140. The van der Waals surface area contributed by atoms with Crippen LogP contribution in [-0.2, 0) is 16.1 Å². The van der Waals surface area contributed by atoms with Crippen LogP contribution >= 0.6 is 0 Å². The van der Waals surface area contributed by atoms with Crippen LogP contribution in [0.4, 0.5) is 0 Å². The summed E-state index contributed by atoms with van der Waals surface area (Å²) >= 11 is 0. The van der Waals surface area contributed by atoms with Crippen LogP contribution in [-0.4, -0.2) is 65.3 Å². The van der Waals surface area contributed by atoms with Gasteiger partial charge in [-0.1, -0.05) is 36.8 Å². The van der Waals surface area contributed by atoms with Crippen molar-refractivity contribution < 1.29 is 9.59 Å². The Kier molecular flexibility index (Phi) is 5.77. The molecule has 146 valence electrons. The zero-order valence-electron chi connectivity index (χ0n) is 16.2. The molecule has 4 saturated heterocycles. The van der Waals surface area contributed by atoms with Crippen LogP contribution in [0.2, 0.25) is 0 Å². The Morgan fingerprint density at radius 3 is 2.70 bits per heavy atom. The van der Waals surface area contributed by atoms with Crippen LogP contribution in [0.1, 0.15) is 44.1 Å². The highest BCUT2D eigenvalue weighted by atomic mass is 16.2. The summed E-state index contributed by atoms with van der Waals surface area (Å²) in [6.45, 7) is 4.72. The van der Waals surface area contributed by atoms with Gasteiger partial charge in [-0.25, -0.2) is 0 Å². The third-order valence-electron chi connectivity index (χ3n) is 6.41. The molecule has 2 bridgehead atoms. The third kappa shape index (κ3) is 4.52. The summed E-state index contributed by atoms with van der Waals surface area (Å²) in [6, 6.07) is 11.1. The standard InChI is InChI=1S/C22H31N3O2/c26-21-9-5-2-6-12-23(21)17-22(27)25-15-19-10-11-20(16-25)24(14-19)13-18-7-3-1-4-8-18/h1,3-4,7-8,19-20H,2,5-6,9-17H2/t19-,20-/m1/s1. The Balaban J connectivity index is 1.39. The van der Waals surface area contributed by atoms with Crippen LogP contribution in [0.3, 0.4) is 0 Å². The Hall–Kier alpha value is -1.88. The second-order valence-electron chi connectivity index (χ2n) is 8.44. The van der Waals surface area contributed by atoms with Crippen LogP contribution in [0.5, 0.6) is 0 Å². The van der Waals surface area contributed by atoms with Crippen molar-refractivity contribution >= 4 is 11.8 Å². The molecule has 4 fully saturated rings. The van der Waals surface area contributed by atoms with E-state index in [0.29, 0.717) is 18.4 Å². The van der Waals surface area contributed by atoms with E-state index in [1.54, 1.807) is 4.90 Å². The maximum absolute atomic E-state index is 13.0. The maximum atomic E-state index is 13.0. The van der Waals surface area contributed by atoms with E-state index in [1.807, 2.05) is 4.90 Å². The fraction of sp³-hybridized carbons (Fsp3) is 0.636. The van der Waals surface area contributed by atoms with Crippen molar-refractivity contribution in [3.8, 4) is 0 Å². The summed E-state index contributed by atoms with van der Waals surface area (Å²) < 4.78 is 0. The van der Waals surface area contributed by atoms with Gasteiger partial charge in [0.05, 0.1) is 6.54 Å². The molecule has 4 aliphatic heterocycles. The van der Waals surface area contributed by atoms with Crippen molar-refractivity contribution in [2.75, 3.05) is 32.7 Å². The van der Waals surface area contributed by atoms with Gasteiger partial charge < -0.3 is 9.80 Å². The lowest BCUT2D eigenvalue weighted by Gasteiger charge is -2.36. The molecule has 1 aromatic rings. The number of amides is 2. The van der Waals surface area contributed by atoms with Crippen molar-refractivity contribution in [3.05, 3.63) is 35.9 Å². The summed E-state index contributed by atoms with van der Waals surface area (Å²) in [7, 11) is 0. The van der Waals surface area contributed by atoms with E-state index in [9.17, 15) is 9.59 Å². The first-order chi connectivity index (χ1) is 13.2. The van der Waals surface area contributed by atoms with Gasteiger partial charge in [0.2, 0.25) is 11.8 Å². The molecular weight excluding hydrogens is 338 g/mol. The lowest BCUT2D eigenvalue weighted by Crippen LogP contribution is -2.46. The minimum absolute atomic E-state index is 0.142. The lowest BCUT2D eigenvalue weighted by atomic mass is 9.94. The molecule has 0 aromatic heterocycles. The normalized spacial score (nSPS) is 26.7. The van der Waals surface area contributed by atoms with Gasteiger partial charge in [-0.2, -0.15) is 0 Å². The molecule has 0 unspecified atom stereocenters. The average molecular weight is 370 g/mol. The smallest absolute Gasteiger partial charge is 0.242 e. The second-order valence-corrected chi connectivity index (χ2v) is 8.44. The third-order valence-corrected chi connectivity index (χ3v) is 6.41. The number of carbonyl (C=O) groups is 2. The van der Waals surface area contributed by atoms with Gasteiger partial charge in [0.25, 0.3) is 0 Å². The molecule has 4 heterocycles. The molecule has 0 spiro atoms. The van der Waals surface area contributed by atoms with Gasteiger partial charge in [0.1, 0.15) is 0 Å². The number of piperidine rings is 1. The van der Waals surface area contributed by atoms with E-state index in [1.165, 1.54) is 18.4 Å². The molecule has 5 nitrogen and oxygen atoms in total. The predicted octanol–water partition coefficient (Wildman–Crippen LogP) is 2.51. The minimum Gasteiger partial charge on any atom is -0.339 e. The van der Waals surface area contributed by atoms with Gasteiger partial charge in [0, 0.05) is 45.2 Å². The minimum atomic E-state index is 0.142. The Bertz CT molecular complexity index is 663. The first-order valence-electron chi connectivity index (χ1n) is 10.5. The summed E-state index contributed by atoms with van der Waals surface area (Å²) in [5.74, 6) is 0.851. The van der Waals surface area contributed by atoms with Gasteiger partial charge >= 0.3 is 0 Å². The highest BCUT2D eigenvalue weighted by molar-refractivity contribution is 5.85. The molecule has 0 aliphatic carbocycles. The van der Waals surface area contributed by atoms with Crippen LogP contribution < -0.4 is 0 Å². The summed E-state index contributed by atoms with van der Waals surface area (Å²) in [5, 5.41) is 0. The van der Waals surface area contributed by atoms with E-state index >= 15 is 0 Å². The van der Waals surface area contributed by atoms with Crippen LogP contribution in [0, 0.1) is 5.92 Å². The number of carbonyl (C=O) groups excluding carboxylic acids is 2. The highest BCUT2D eigenvalue weighted by Crippen LogP contribution is 2.29. The molecule has 0 N–H and O–H groups in total. The summed E-state index contributed by atoms with van der Waals surface area (Å²) in [5.41, 5.74) is 1.35. The van der Waals surface area contributed by atoms with E-state index in [2.05, 4.69) is 35.2 Å². The SMILES string of the molecule is O=C1CCCCCN1CC(=O)N1C[C@@H]2CC[C@H](C1)N(Cc1ccccc1)C2. The first kappa shape index (κ1) is 18.5. The largest absolute Gasteiger partial charge is 0.339 e. The van der Waals surface area contributed by atoms with Crippen molar-refractivity contribution in [2.24, 2.45) is 5.92 Å². The van der Waals surface area contributed by atoms with E-state index in [-0.39, 0.29) is 18.4 Å². The fourth-order valence-corrected chi connectivity index (χ4v) is 4.86. The van der Waals surface area contributed by atoms with Crippen LogP contribution in [0.15, 0.2) is 30.3 Å². The highest BCUT2D eigenvalue weighted by Gasteiger charge is 2.36. The van der Waals surface area contributed by atoms with Gasteiger partial charge in [0.15, 0.2) is 0 Å². The van der Waals surface area contributed by atoms with Crippen molar-refractivity contribution in [1.82, 2.24) is 14.7 Å². The Morgan fingerprint density at radius 1 is 1.00 bits per heavy atom. The Morgan fingerprint density at radius 2 is 1.85 bits per heavy atom. The Labute approximate surface area is 162 Å². The van der Waals surface area contributed by atoms with Gasteiger partial charge in [-0.3, -0.25) is 14.5 Å². The van der Waals surface area contributed by atoms with Gasteiger partial charge in [-0.15, -0.1) is 0 Å². The number of hydrogen-bond donors (Lipinski definition) is 0. The monoisotopic (exact) mass is 369 g/mol. The second kappa shape index (κ2) is 8.42. The van der Waals surface area contributed by atoms with Gasteiger partial charge in [-0.05, 0) is 37.2 Å². The molecule has 2 amide bonds. The molecular formula is C22H31N3O2. The fourth-order valence-electron chi connectivity index (χ4n) is 4.86. The first-order valence-corrected chi connectivity index (χ1v) is 10.5. The molecule has 0 saturated carbocycles. The molecule has 27 heavy (non-hydrogen) atoms. The zero-order valence-corrected chi connectivity index (χ0v) is 16.2.